The van der Waals surface area contributed by atoms with E-state index in [2.05, 4.69) is 32.6 Å². The minimum atomic E-state index is -0.245. The quantitative estimate of drug-likeness (QED) is 0.623. The van der Waals surface area contributed by atoms with E-state index in [1.165, 1.54) is 23.9 Å². The highest BCUT2D eigenvalue weighted by molar-refractivity contribution is 14.1. The van der Waals surface area contributed by atoms with Crippen molar-refractivity contribution in [3.05, 3.63) is 46.0 Å². The molecule has 0 aliphatic rings. The summed E-state index contributed by atoms with van der Waals surface area (Å²) >= 11 is 3.48. The Kier molecular flexibility index (Phi) is 3.53. The number of nitrogens with zero attached hydrogens (tertiary/aromatic N) is 2. The van der Waals surface area contributed by atoms with Gasteiger partial charge in [0.1, 0.15) is 5.82 Å². The Hall–Kier alpha value is -0.690. The first-order valence-corrected chi connectivity index (χ1v) is 6.04. The second-order valence-electron chi connectivity index (χ2n) is 2.74. The Morgan fingerprint density at radius 2 is 1.93 bits per heavy atom. The molecule has 0 saturated carbocycles. The van der Waals surface area contributed by atoms with Crippen LogP contribution in [0.1, 0.15) is 0 Å². The highest BCUT2D eigenvalue weighted by Crippen LogP contribution is 2.24. The minimum Gasteiger partial charge on any atom is -0.230 e. The lowest BCUT2D eigenvalue weighted by molar-refractivity contribution is 0.624. The molecule has 0 aliphatic heterocycles. The van der Waals surface area contributed by atoms with E-state index in [-0.39, 0.29) is 5.82 Å². The molecule has 0 aliphatic carbocycles. The first kappa shape index (κ1) is 10.8. The monoisotopic (exact) mass is 332 g/mol. The zero-order chi connectivity index (χ0) is 10.7. The average Bonchev–Trinajstić information content (AvgIpc) is 2.22. The second kappa shape index (κ2) is 4.89. The molecule has 0 spiro atoms. The number of aromatic nitrogens is 2. The number of rotatable bonds is 2. The van der Waals surface area contributed by atoms with Crippen LogP contribution < -0.4 is 0 Å². The van der Waals surface area contributed by atoms with Crippen LogP contribution in [0.4, 0.5) is 4.39 Å². The van der Waals surface area contributed by atoms with E-state index in [4.69, 9.17) is 0 Å². The molecule has 76 valence electrons. The summed E-state index contributed by atoms with van der Waals surface area (Å²) in [5, 5.41) is 0.626. The molecular formula is C10H6FIN2S. The van der Waals surface area contributed by atoms with Crippen LogP contribution in [0, 0.1) is 9.39 Å². The summed E-state index contributed by atoms with van der Waals surface area (Å²) in [5.74, 6) is -0.245. The third-order valence-electron chi connectivity index (χ3n) is 1.60. The smallest absolute Gasteiger partial charge is 0.192 e. The zero-order valence-electron chi connectivity index (χ0n) is 7.52. The Morgan fingerprint density at radius 3 is 2.60 bits per heavy atom. The van der Waals surface area contributed by atoms with Crippen LogP contribution in [0.2, 0.25) is 0 Å². The summed E-state index contributed by atoms with van der Waals surface area (Å²) in [6, 6.07) is 6.38. The summed E-state index contributed by atoms with van der Waals surface area (Å²) in [6.45, 7) is 0. The lowest BCUT2D eigenvalue weighted by Crippen LogP contribution is -1.86. The second-order valence-corrected chi connectivity index (χ2v) is 5.03. The van der Waals surface area contributed by atoms with E-state index >= 15 is 0 Å². The molecular weight excluding hydrogens is 326 g/mol. The molecule has 2 rings (SSSR count). The van der Waals surface area contributed by atoms with E-state index in [0.29, 0.717) is 5.16 Å². The van der Waals surface area contributed by atoms with E-state index in [1.54, 1.807) is 18.5 Å². The Morgan fingerprint density at radius 1 is 1.20 bits per heavy atom. The highest BCUT2D eigenvalue weighted by Gasteiger charge is 2.00. The maximum absolute atomic E-state index is 12.9. The molecule has 1 aromatic heterocycles. The first-order valence-electron chi connectivity index (χ1n) is 4.15. The van der Waals surface area contributed by atoms with Crippen LogP contribution in [0.3, 0.4) is 0 Å². The van der Waals surface area contributed by atoms with Crippen molar-refractivity contribution in [2.24, 2.45) is 0 Å². The topological polar surface area (TPSA) is 25.8 Å². The molecule has 15 heavy (non-hydrogen) atoms. The lowest BCUT2D eigenvalue weighted by atomic mass is 10.4. The van der Waals surface area contributed by atoms with E-state index < -0.39 is 0 Å². The van der Waals surface area contributed by atoms with Crippen molar-refractivity contribution in [2.45, 2.75) is 10.1 Å². The van der Waals surface area contributed by atoms with Gasteiger partial charge in [-0.3, -0.25) is 0 Å². The van der Waals surface area contributed by atoms with Gasteiger partial charge in [-0.2, -0.15) is 0 Å². The number of hydrogen-bond acceptors (Lipinski definition) is 3. The van der Waals surface area contributed by atoms with E-state index in [1.807, 2.05) is 6.07 Å². The van der Waals surface area contributed by atoms with Crippen LogP contribution in [0.25, 0.3) is 0 Å². The summed E-state index contributed by atoms with van der Waals surface area (Å²) < 4.78 is 13.9. The van der Waals surface area contributed by atoms with Gasteiger partial charge in [0.25, 0.3) is 0 Å². The van der Waals surface area contributed by atoms with Crippen LogP contribution in [0.15, 0.2) is 46.7 Å². The van der Waals surface area contributed by atoms with Crippen molar-refractivity contribution >= 4 is 34.4 Å². The van der Waals surface area contributed by atoms with Gasteiger partial charge >= 0.3 is 0 Å². The fourth-order valence-electron chi connectivity index (χ4n) is 0.989. The Balaban J connectivity index is 2.18. The van der Waals surface area contributed by atoms with Crippen LogP contribution in [-0.2, 0) is 0 Å². The minimum absolute atomic E-state index is 0.245. The number of benzene rings is 1. The van der Waals surface area contributed by atoms with Gasteiger partial charge in [0.05, 0.1) is 0 Å². The molecule has 2 nitrogen and oxygen atoms in total. The summed E-state index contributed by atoms with van der Waals surface area (Å²) in [6.07, 6.45) is 3.46. The van der Waals surface area contributed by atoms with Crippen molar-refractivity contribution in [2.75, 3.05) is 0 Å². The van der Waals surface area contributed by atoms with E-state index in [9.17, 15) is 4.39 Å². The average molecular weight is 332 g/mol. The van der Waals surface area contributed by atoms with Crippen molar-refractivity contribution < 1.29 is 4.39 Å². The molecule has 1 heterocycles. The molecule has 0 radical (unpaired) electrons. The Bertz CT molecular complexity index is 461. The fourth-order valence-corrected chi connectivity index (χ4v) is 2.01. The third-order valence-corrected chi connectivity index (χ3v) is 3.04. The molecule has 0 atom stereocenters. The number of hydrogen-bond donors (Lipinski definition) is 0. The predicted octanol–water partition coefficient (Wildman–Crippen LogP) is 3.37. The molecule has 1 aromatic carbocycles. The third kappa shape index (κ3) is 3.13. The summed E-state index contributed by atoms with van der Waals surface area (Å²) in [5.41, 5.74) is 0. The number of halogens is 2. The SMILES string of the molecule is Fc1cccc(Sc2ncc(I)cn2)c1. The van der Waals surface area contributed by atoms with Crippen LogP contribution in [0.5, 0.6) is 0 Å². The van der Waals surface area contributed by atoms with Crippen molar-refractivity contribution in [1.29, 1.82) is 0 Å². The van der Waals surface area contributed by atoms with Crippen LogP contribution >= 0.6 is 34.4 Å². The summed E-state index contributed by atoms with van der Waals surface area (Å²) in [7, 11) is 0. The van der Waals surface area contributed by atoms with Crippen LogP contribution in [-0.4, -0.2) is 9.97 Å². The molecule has 5 heteroatoms. The molecule has 0 fully saturated rings. The van der Waals surface area contributed by atoms with Gasteiger partial charge in [-0.15, -0.1) is 0 Å². The van der Waals surface area contributed by atoms with Gasteiger partial charge in [-0.1, -0.05) is 6.07 Å². The van der Waals surface area contributed by atoms with Crippen molar-refractivity contribution in [3.63, 3.8) is 0 Å². The first-order chi connectivity index (χ1) is 7.24. The van der Waals surface area contributed by atoms with Crippen molar-refractivity contribution in [3.8, 4) is 0 Å². The maximum atomic E-state index is 12.9. The van der Waals surface area contributed by atoms with E-state index in [0.717, 1.165) is 8.47 Å². The van der Waals surface area contributed by atoms with Gasteiger partial charge in [0, 0.05) is 20.9 Å². The highest BCUT2D eigenvalue weighted by atomic mass is 127. The molecule has 0 N–H and O–H groups in total. The lowest BCUT2D eigenvalue weighted by Gasteiger charge is -1.99. The van der Waals surface area contributed by atoms with Gasteiger partial charge in [0.2, 0.25) is 0 Å². The van der Waals surface area contributed by atoms with Crippen molar-refractivity contribution in [1.82, 2.24) is 9.97 Å². The Labute approximate surface area is 104 Å². The molecule has 2 aromatic rings. The standard InChI is InChI=1S/C10H6FIN2S/c11-7-2-1-3-9(4-7)15-10-13-5-8(12)6-14-10/h1-6H. The largest absolute Gasteiger partial charge is 0.230 e. The molecule has 0 amide bonds. The van der Waals surface area contributed by atoms with Gasteiger partial charge in [-0.05, 0) is 52.6 Å². The maximum Gasteiger partial charge on any atom is 0.192 e. The fraction of sp³-hybridized carbons (Fsp3) is 0. The zero-order valence-corrected chi connectivity index (χ0v) is 10.5. The van der Waals surface area contributed by atoms with Gasteiger partial charge < -0.3 is 0 Å². The summed E-state index contributed by atoms with van der Waals surface area (Å²) in [4.78, 5) is 9.05. The normalized spacial score (nSPS) is 10.3. The predicted molar refractivity (Wildman–Crippen MR) is 65.3 cm³/mol. The molecule has 0 unspecified atom stereocenters. The molecule has 0 bridgehead atoms. The van der Waals surface area contributed by atoms with Gasteiger partial charge in [0.15, 0.2) is 5.16 Å². The molecule has 0 saturated heterocycles. The van der Waals surface area contributed by atoms with Gasteiger partial charge in [-0.25, -0.2) is 14.4 Å².